The molecule has 1 aromatic heterocycles. The van der Waals surface area contributed by atoms with Crippen molar-refractivity contribution in [2.45, 2.75) is 6.92 Å². The molecule has 2 nitrogen and oxygen atoms in total. The van der Waals surface area contributed by atoms with E-state index in [9.17, 15) is 9.90 Å². The summed E-state index contributed by atoms with van der Waals surface area (Å²) >= 11 is 7.24. The normalized spacial score (nSPS) is 10.4. The Morgan fingerprint density at radius 1 is 1.31 bits per heavy atom. The molecule has 0 aliphatic heterocycles. The SMILES string of the molecule is CC(=O)c1ccc(-c2ccc(O)c(Cl)c2)s1. The van der Waals surface area contributed by atoms with Gasteiger partial charge in [-0.1, -0.05) is 11.6 Å². The second-order valence-corrected chi connectivity index (χ2v) is 4.88. The highest BCUT2D eigenvalue weighted by molar-refractivity contribution is 7.17. The molecule has 4 heteroatoms. The first-order valence-corrected chi connectivity index (χ1v) is 5.87. The van der Waals surface area contributed by atoms with Crippen LogP contribution in [0.3, 0.4) is 0 Å². The molecule has 0 aliphatic carbocycles. The summed E-state index contributed by atoms with van der Waals surface area (Å²) in [4.78, 5) is 12.8. The maximum atomic E-state index is 11.2. The van der Waals surface area contributed by atoms with Crippen molar-refractivity contribution < 1.29 is 9.90 Å². The Morgan fingerprint density at radius 2 is 2.06 bits per heavy atom. The van der Waals surface area contributed by atoms with Crippen molar-refractivity contribution in [2.24, 2.45) is 0 Å². The molecule has 0 spiro atoms. The number of thiophene rings is 1. The number of hydrogen-bond donors (Lipinski definition) is 1. The second kappa shape index (κ2) is 4.28. The van der Waals surface area contributed by atoms with E-state index < -0.39 is 0 Å². The van der Waals surface area contributed by atoms with Gasteiger partial charge in [-0.15, -0.1) is 11.3 Å². The Labute approximate surface area is 102 Å². The van der Waals surface area contributed by atoms with E-state index in [1.54, 1.807) is 31.2 Å². The highest BCUT2D eigenvalue weighted by atomic mass is 35.5. The van der Waals surface area contributed by atoms with E-state index in [4.69, 9.17) is 11.6 Å². The highest BCUT2D eigenvalue weighted by Gasteiger charge is 2.07. The summed E-state index contributed by atoms with van der Waals surface area (Å²) in [5.74, 6) is 0.120. The quantitative estimate of drug-likeness (QED) is 0.821. The van der Waals surface area contributed by atoms with Crippen LogP contribution in [0.5, 0.6) is 5.75 Å². The molecule has 0 atom stereocenters. The lowest BCUT2D eigenvalue weighted by atomic mass is 10.2. The van der Waals surface area contributed by atoms with E-state index in [0.717, 1.165) is 15.3 Å². The topological polar surface area (TPSA) is 37.3 Å². The molecule has 1 N–H and O–H groups in total. The number of aromatic hydroxyl groups is 1. The van der Waals surface area contributed by atoms with Gasteiger partial charge in [-0.2, -0.15) is 0 Å². The maximum absolute atomic E-state index is 11.2. The standard InChI is InChI=1S/C12H9ClO2S/c1-7(14)11-4-5-12(16-11)8-2-3-10(15)9(13)6-8/h2-6,15H,1H3. The molecular weight excluding hydrogens is 244 g/mol. The highest BCUT2D eigenvalue weighted by Crippen LogP contribution is 2.33. The third-order valence-electron chi connectivity index (χ3n) is 2.19. The number of phenols is 1. The van der Waals surface area contributed by atoms with Gasteiger partial charge in [0.25, 0.3) is 0 Å². The summed E-state index contributed by atoms with van der Waals surface area (Å²) in [6.45, 7) is 1.54. The van der Waals surface area contributed by atoms with Crippen molar-refractivity contribution in [3.8, 4) is 16.2 Å². The van der Waals surface area contributed by atoms with Crippen molar-refractivity contribution in [2.75, 3.05) is 0 Å². The van der Waals surface area contributed by atoms with Crippen molar-refractivity contribution in [3.05, 3.63) is 40.2 Å². The van der Waals surface area contributed by atoms with E-state index in [1.807, 2.05) is 6.07 Å². The van der Waals surface area contributed by atoms with Crippen LogP contribution >= 0.6 is 22.9 Å². The summed E-state index contributed by atoms with van der Waals surface area (Å²) in [5, 5.41) is 9.62. The Kier molecular flexibility index (Phi) is 2.99. The monoisotopic (exact) mass is 252 g/mol. The Bertz CT molecular complexity index is 546. The number of hydrogen-bond acceptors (Lipinski definition) is 3. The van der Waals surface area contributed by atoms with Gasteiger partial charge in [0.05, 0.1) is 9.90 Å². The zero-order valence-corrected chi connectivity index (χ0v) is 10.1. The fraction of sp³-hybridized carbons (Fsp3) is 0.0833. The number of carbonyl (C=O) groups is 1. The smallest absolute Gasteiger partial charge is 0.169 e. The van der Waals surface area contributed by atoms with E-state index in [-0.39, 0.29) is 11.5 Å². The molecule has 0 saturated carbocycles. The van der Waals surface area contributed by atoms with Crippen LogP contribution < -0.4 is 0 Å². The first kappa shape index (κ1) is 11.2. The van der Waals surface area contributed by atoms with Crippen LogP contribution in [0.2, 0.25) is 5.02 Å². The van der Waals surface area contributed by atoms with Gasteiger partial charge in [-0.3, -0.25) is 4.79 Å². The van der Waals surface area contributed by atoms with Crippen LogP contribution in [0.15, 0.2) is 30.3 Å². The first-order chi connectivity index (χ1) is 7.58. The number of benzene rings is 1. The number of halogens is 1. The van der Waals surface area contributed by atoms with E-state index in [2.05, 4.69) is 0 Å². The molecular formula is C12H9ClO2S. The van der Waals surface area contributed by atoms with Gasteiger partial charge in [0.15, 0.2) is 5.78 Å². The van der Waals surface area contributed by atoms with Crippen LogP contribution in [0.25, 0.3) is 10.4 Å². The van der Waals surface area contributed by atoms with Crippen molar-refractivity contribution in [3.63, 3.8) is 0 Å². The molecule has 2 aromatic rings. The van der Waals surface area contributed by atoms with Gasteiger partial charge in [0.2, 0.25) is 0 Å². The molecule has 1 aromatic carbocycles. The second-order valence-electron chi connectivity index (χ2n) is 3.39. The van der Waals surface area contributed by atoms with Gasteiger partial charge in [-0.25, -0.2) is 0 Å². The molecule has 0 unspecified atom stereocenters. The van der Waals surface area contributed by atoms with E-state index >= 15 is 0 Å². The van der Waals surface area contributed by atoms with Crippen molar-refractivity contribution >= 4 is 28.7 Å². The van der Waals surface area contributed by atoms with Gasteiger partial charge < -0.3 is 5.11 Å². The lowest BCUT2D eigenvalue weighted by molar-refractivity contribution is 0.102. The van der Waals surface area contributed by atoms with Crippen molar-refractivity contribution in [1.82, 2.24) is 0 Å². The zero-order chi connectivity index (χ0) is 11.7. The number of phenolic OH excluding ortho intramolecular Hbond substituents is 1. The lowest BCUT2D eigenvalue weighted by Crippen LogP contribution is -1.83. The molecule has 0 fully saturated rings. The summed E-state index contributed by atoms with van der Waals surface area (Å²) in [7, 11) is 0. The molecule has 16 heavy (non-hydrogen) atoms. The molecule has 0 bridgehead atoms. The molecule has 0 saturated heterocycles. The van der Waals surface area contributed by atoms with Crippen LogP contribution in [0, 0.1) is 0 Å². The number of carbonyl (C=O) groups excluding carboxylic acids is 1. The average Bonchev–Trinajstić information content (AvgIpc) is 2.71. The van der Waals surface area contributed by atoms with Gasteiger partial charge in [0, 0.05) is 4.88 Å². The van der Waals surface area contributed by atoms with Crippen molar-refractivity contribution in [1.29, 1.82) is 0 Å². The molecule has 0 aliphatic rings. The fourth-order valence-corrected chi connectivity index (χ4v) is 2.42. The summed E-state index contributed by atoms with van der Waals surface area (Å²) in [5.41, 5.74) is 0.903. The predicted molar refractivity (Wildman–Crippen MR) is 66.4 cm³/mol. The van der Waals surface area contributed by atoms with Crippen LogP contribution in [-0.2, 0) is 0 Å². The minimum atomic E-state index is 0.0566. The van der Waals surface area contributed by atoms with Gasteiger partial charge >= 0.3 is 0 Å². The zero-order valence-electron chi connectivity index (χ0n) is 8.53. The Balaban J connectivity index is 2.42. The average molecular weight is 253 g/mol. The maximum Gasteiger partial charge on any atom is 0.169 e. The van der Waals surface area contributed by atoms with E-state index in [0.29, 0.717) is 5.02 Å². The van der Waals surface area contributed by atoms with E-state index in [1.165, 1.54) is 11.3 Å². The Hall–Kier alpha value is -1.32. The third kappa shape index (κ3) is 2.10. The summed E-state index contributed by atoms with van der Waals surface area (Å²) in [6, 6.07) is 8.68. The molecule has 0 radical (unpaired) electrons. The van der Waals surface area contributed by atoms with Gasteiger partial charge in [-0.05, 0) is 42.8 Å². The van der Waals surface area contributed by atoms with Crippen LogP contribution in [-0.4, -0.2) is 10.9 Å². The summed E-state index contributed by atoms with van der Waals surface area (Å²) < 4.78 is 0. The lowest BCUT2D eigenvalue weighted by Gasteiger charge is -2.00. The molecule has 0 amide bonds. The fourth-order valence-electron chi connectivity index (χ4n) is 1.34. The molecule has 1 heterocycles. The predicted octanol–water partition coefficient (Wildman–Crippen LogP) is 3.98. The minimum Gasteiger partial charge on any atom is -0.506 e. The number of ketones is 1. The summed E-state index contributed by atoms with van der Waals surface area (Å²) in [6.07, 6.45) is 0. The van der Waals surface area contributed by atoms with Crippen LogP contribution in [0.1, 0.15) is 16.6 Å². The number of rotatable bonds is 2. The largest absolute Gasteiger partial charge is 0.506 e. The number of Topliss-reactive ketones (excluding diaryl/α,β-unsaturated/α-hetero) is 1. The Morgan fingerprint density at radius 3 is 2.62 bits per heavy atom. The molecule has 2 rings (SSSR count). The minimum absolute atomic E-state index is 0.0566. The molecule has 82 valence electrons. The van der Waals surface area contributed by atoms with Crippen LogP contribution in [0.4, 0.5) is 0 Å². The van der Waals surface area contributed by atoms with Gasteiger partial charge in [0.1, 0.15) is 5.75 Å². The third-order valence-corrected chi connectivity index (χ3v) is 3.72. The first-order valence-electron chi connectivity index (χ1n) is 4.67.